The number of pyridine rings is 1. The molecule has 0 bridgehead atoms. The lowest BCUT2D eigenvalue weighted by molar-refractivity contribution is -0.135. The number of amides is 1. The zero-order valence-electron chi connectivity index (χ0n) is 16.6. The topological polar surface area (TPSA) is 83.5 Å². The predicted octanol–water partition coefficient (Wildman–Crippen LogP) is 4.03. The van der Waals surface area contributed by atoms with Crippen molar-refractivity contribution < 1.29 is 13.2 Å². The van der Waals surface area contributed by atoms with Gasteiger partial charge in [-0.3, -0.25) is 9.78 Å². The number of nitrogens with zero attached hydrogens (tertiary/aromatic N) is 4. The molecule has 1 atom stereocenters. The minimum absolute atomic E-state index is 0.204. The highest BCUT2D eigenvalue weighted by molar-refractivity contribution is 7.91. The third-order valence-corrected chi connectivity index (χ3v) is 9.75. The smallest absolute Gasteiger partial charge is 0.253 e. The second kappa shape index (κ2) is 8.53. The lowest BCUT2D eigenvalue weighted by Gasteiger charge is -2.37. The Morgan fingerprint density at radius 2 is 1.88 bits per heavy atom. The third-order valence-electron chi connectivity index (χ3n) is 5.29. The van der Waals surface area contributed by atoms with Crippen molar-refractivity contribution in [1.29, 1.82) is 0 Å². The van der Waals surface area contributed by atoms with Gasteiger partial charge in [-0.2, -0.15) is 4.31 Å². The zero-order chi connectivity index (χ0) is 22.3. The summed E-state index contributed by atoms with van der Waals surface area (Å²) < 4.78 is 28.8. The maximum Gasteiger partial charge on any atom is 0.253 e. The Balaban J connectivity index is 1.42. The second-order valence-corrected chi connectivity index (χ2v) is 11.8. The molecular weight excluding hydrogens is 488 g/mol. The monoisotopic (exact) mass is 504 g/mol. The predicted molar refractivity (Wildman–Crippen MR) is 126 cm³/mol. The van der Waals surface area contributed by atoms with Crippen LogP contribution >= 0.6 is 34.3 Å². The number of rotatable bonds is 5. The highest BCUT2D eigenvalue weighted by Gasteiger charge is 2.38. The molecule has 0 aliphatic carbocycles. The van der Waals surface area contributed by atoms with E-state index in [2.05, 4.69) is 9.97 Å². The minimum atomic E-state index is -3.80. The van der Waals surface area contributed by atoms with Gasteiger partial charge in [0.2, 0.25) is 5.91 Å². The first kappa shape index (κ1) is 21.5. The molecule has 1 aliphatic rings. The highest BCUT2D eigenvalue weighted by atomic mass is 35.5. The van der Waals surface area contributed by atoms with E-state index in [1.807, 2.05) is 17.5 Å². The number of thiazole rings is 1. The summed E-state index contributed by atoms with van der Waals surface area (Å²) in [6.45, 7) is 0.252. The molecular formula is C21H17ClN4O3S3. The number of fused-ring (bicyclic) bond motifs is 1. The van der Waals surface area contributed by atoms with Crippen molar-refractivity contribution in [2.45, 2.75) is 10.3 Å². The summed E-state index contributed by atoms with van der Waals surface area (Å²) >= 11 is 8.66. The van der Waals surface area contributed by atoms with Crippen LogP contribution in [0.2, 0.25) is 5.02 Å². The Hall–Kier alpha value is -2.37. The number of carbonyl (C=O) groups excluding carboxylic acids is 1. The Bertz CT molecular complexity index is 1370. The summed E-state index contributed by atoms with van der Waals surface area (Å²) in [4.78, 5) is 23.3. The Morgan fingerprint density at radius 3 is 2.59 bits per heavy atom. The number of hydrogen-bond donors (Lipinski definition) is 0. The molecule has 11 heteroatoms. The molecule has 1 saturated heterocycles. The van der Waals surface area contributed by atoms with Crippen LogP contribution in [0.15, 0.2) is 64.6 Å². The maximum atomic E-state index is 13.3. The molecule has 0 spiro atoms. The normalized spacial score (nSPS) is 16.5. The molecule has 1 fully saturated rings. The van der Waals surface area contributed by atoms with E-state index in [1.165, 1.54) is 15.6 Å². The third kappa shape index (κ3) is 3.93. The van der Waals surface area contributed by atoms with E-state index >= 15 is 0 Å². The molecule has 7 nitrogen and oxygen atoms in total. The van der Waals surface area contributed by atoms with E-state index in [4.69, 9.17) is 11.6 Å². The minimum Gasteiger partial charge on any atom is -0.327 e. The number of hydrogen-bond acceptors (Lipinski definition) is 7. The van der Waals surface area contributed by atoms with E-state index in [0.29, 0.717) is 5.02 Å². The largest absolute Gasteiger partial charge is 0.327 e. The number of sulfonamides is 1. The van der Waals surface area contributed by atoms with Gasteiger partial charge in [-0.25, -0.2) is 13.4 Å². The van der Waals surface area contributed by atoms with Crippen molar-refractivity contribution in [1.82, 2.24) is 19.2 Å². The first-order valence-corrected chi connectivity index (χ1v) is 13.2. The first-order chi connectivity index (χ1) is 15.4. The Kier molecular flexibility index (Phi) is 5.72. The molecule has 3 aromatic heterocycles. The SMILES string of the molecule is O=C1CN(S(=O)(=O)c2cc3ccc(Cl)cc3s2)CCN1C(c1ccncc1)c1nccs1. The number of benzene rings is 1. The molecule has 0 radical (unpaired) electrons. The van der Waals surface area contributed by atoms with Crippen LogP contribution in [0.5, 0.6) is 0 Å². The van der Waals surface area contributed by atoms with Crippen LogP contribution in [0.25, 0.3) is 10.1 Å². The number of piperazine rings is 1. The fourth-order valence-electron chi connectivity index (χ4n) is 3.75. The average molecular weight is 505 g/mol. The molecule has 0 N–H and O–H groups in total. The fraction of sp³-hybridized carbons (Fsp3) is 0.190. The van der Waals surface area contributed by atoms with Gasteiger partial charge in [0.1, 0.15) is 15.3 Å². The van der Waals surface area contributed by atoms with E-state index in [1.54, 1.807) is 47.8 Å². The summed E-state index contributed by atoms with van der Waals surface area (Å²) in [5.41, 5.74) is 0.890. The standard InChI is InChI=1S/C21H17ClN4O3S3/c22-16-2-1-15-11-19(31-17(15)12-16)32(28,29)25-8-9-26(18(27)13-25)20(21-24-7-10-30-21)14-3-5-23-6-4-14/h1-7,10-12,20H,8-9,13H2. The van der Waals surface area contributed by atoms with Crippen molar-refractivity contribution in [3.8, 4) is 0 Å². The van der Waals surface area contributed by atoms with Gasteiger partial charge in [0.05, 0.1) is 6.54 Å². The van der Waals surface area contributed by atoms with Gasteiger partial charge in [0.15, 0.2) is 0 Å². The fourth-order valence-corrected chi connectivity index (χ4v) is 7.73. The molecule has 1 unspecified atom stereocenters. The summed E-state index contributed by atoms with van der Waals surface area (Å²) in [6, 6.07) is 10.2. The van der Waals surface area contributed by atoms with E-state index in [9.17, 15) is 13.2 Å². The van der Waals surface area contributed by atoms with E-state index in [0.717, 1.165) is 32.0 Å². The number of thiophene rings is 1. The quantitative estimate of drug-likeness (QED) is 0.410. The lowest BCUT2D eigenvalue weighted by Crippen LogP contribution is -2.53. The summed E-state index contributed by atoms with van der Waals surface area (Å²) in [7, 11) is -3.80. The van der Waals surface area contributed by atoms with E-state index in [-0.39, 0.29) is 35.8 Å². The average Bonchev–Trinajstić information content (AvgIpc) is 3.46. The van der Waals surface area contributed by atoms with Gasteiger partial charge in [-0.1, -0.05) is 17.7 Å². The van der Waals surface area contributed by atoms with E-state index < -0.39 is 10.0 Å². The van der Waals surface area contributed by atoms with Gasteiger partial charge in [0, 0.05) is 46.8 Å². The number of aromatic nitrogens is 2. The van der Waals surface area contributed by atoms with Crippen molar-refractivity contribution >= 4 is 60.3 Å². The van der Waals surface area contributed by atoms with Gasteiger partial charge < -0.3 is 4.90 Å². The van der Waals surface area contributed by atoms with Gasteiger partial charge in [-0.15, -0.1) is 22.7 Å². The molecule has 1 aliphatic heterocycles. The van der Waals surface area contributed by atoms with Crippen LogP contribution in [-0.4, -0.2) is 53.1 Å². The van der Waals surface area contributed by atoms with Crippen LogP contribution in [0, 0.1) is 0 Å². The van der Waals surface area contributed by atoms with Crippen molar-refractivity contribution in [2.24, 2.45) is 0 Å². The van der Waals surface area contributed by atoms with Gasteiger partial charge in [0.25, 0.3) is 10.0 Å². The molecule has 1 aromatic carbocycles. The zero-order valence-corrected chi connectivity index (χ0v) is 19.8. The van der Waals surface area contributed by atoms with Crippen molar-refractivity contribution in [3.05, 3.63) is 76.0 Å². The highest BCUT2D eigenvalue weighted by Crippen LogP contribution is 2.35. The molecule has 4 heterocycles. The maximum absolute atomic E-state index is 13.3. The molecule has 164 valence electrons. The second-order valence-electron chi connectivity index (χ2n) is 7.23. The Morgan fingerprint density at radius 1 is 1.06 bits per heavy atom. The molecule has 4 aromatic rings. The summed E-state index contributed by atoms with van der Waals surface area (Å²) in [5.74, 6) is -0.263. The van der Waals surface area contributed by atoms with Crippen LogP contribution < -0.4 is 0 Å². The number of carbonyl (C=O) groups is 1. The molecule has 32 heavy (non-hydrogen) atoms. The van der Waals surface area contributed by atoms with Crippen LogP contribution in [-0.2, 0) is 14.8 Å². The lowest BCUT2D eigenvalue weighted by atomic mass is 10.1. The van der Waals surface area contributed by atoms with Gasteiger partial charge in [-0.05, 0) is 41.3 Å². The first-order valence-electron chi connectivity index (χ1n) is 9.71. The summed E-state index contributed by atoms with van der Waals surface area (Å²) in [6.07, 6.45) is 5.05. The van der Waals surface area contributed by atoms with Crippen molar-refractivity contribution in [2.75, 3.05) is 19.6 Å². The molecule has 0 saturated carbocycles. The summed E-state index contributed by atoms with van der Waals surface area (Å²) in [5, 5.41) is 4.01. The Labute approximate surface area is 198 Å². The number of halogens is 1. The van der Waals surface area contributed by atoms with Gasteiger partial charge >= 0.3 is 0 Å². The van der Waals surface area contributed by atoms with Crippen LogP contribution in [0.4, 0.5) is 0 Å². The molecule has 5 rings (SSSR count). The van der Waals surface area contributed by atoms with Crippen molar-refractivity contribution in [3.63, 3.8) is 0 Å². The van der Waals surface area contributed by atoms with Crippen LogP contribution in [0.1, 0.15) is 16.6 Å². The van der Waals surface area contributed by atoms with Crippen LogP contribution in [0.3, 0.4) is 0 Å². The molecule has 1 amide bonds.